The first-order valence-corrected chi connectivity index (χ1v) is 17.9. The lowest BCUT2D eigenvalue weighted by Crippen LogP contribution is -1.95. The molecule has 0 N–H and O–H groups in total. The lowest BCUT2D eigenvalue weighted by atomic mass is 9.95. The van der Waals surface area contributed by atoms with E-state index in [4.69, 9.17) is 9.47 Å². The average molecular weight is 597 g/mol. The topological polar surface area (TPSA) is 18.5 Å². The lowest BCUT2D eigenvalue weighted by molar-refractivity contribution is 0.313. The molecule has 0 aliphatic carbocycles. The minimum Gasteiger partial charge on any atom is -0.484 e. The van der Waals surface area contributed by atoms with E-state index >= 15 is 0 Å². The number of hydrogen-bond donors (Lipinski definition) is 0. The molecule has 0 bridgehead atoms. The minimum atomic E-state index is 0.814. The fourth-order valence-electron chi connectivity index (χ4n) is 6.28. The molecule has 0 saturated heterocycles. The number of rotatable bonds is 16. The Morgan fingerprint density at radius 3 is 1.14 bits per heavy atom. The van der Waals surface area contributed by atoms with Crippen LogP contribution in [0.1, 0.15) is 90.9 Å². The molecule has 0 unspecified atom stereocenters. The molecule has 4 heteroatoms. The van der Waals surface area contributed by atoms with Crippen LogP contribution in [0.15, 0.2) is 60.7 Å². The van der Waals surface area contributed by atoms with Gasteiger partial charge in [0.15, 0.2) is 10.1 Å². The summed E-state index contributed by atoms with van der Waals surface area (Å²) in [5.74, 6) is 0. The van der Waals surface area contributed by atoms with Crippen molar-refractivity contribution in [1.82, 2.24) is 0 Å². The molecule has 2 heterocycles. The Morgan fingerprint density at radius 1 is 0.405 bits per heavy atom. The molecule has 0 radical (unpaired) electrons. The highest BCUT2D eigenvalue weighted by Gasteiger charge is 2.13. The Kier molecular flexibility index (Phi) is 9.82. The van der Waals surface area contributed by atoms with Gasteiger partial charge in [-0.2, -0.15) is 0 Å². The maximum atomic E-state index is 6.19. The van der Waals surface area contributed by atoms with E-state index in [1.165, 1.54) is 117 Å². The van der Waals surface area contributed by atoms with Crippen molar-refractivity contribution in [1.29, 1.82) is 0 Å². The molecule has 2 nitrogen and oxygen atoms in total. The van der Waals surface area contributed by atoms with E-state index in [-0.39, 0.29) is 0 Å². The summed E-state index contributed by atoms with van der Waals surface area (Å²) in [6.07, 6.45) is 15.4. The molecule has 0 aliphatic heterocycles. The van der Waals surface area contributed by atoms with Crippen molar-refractivity contribution in [3.63, 3.8) is 0 Å². The van der Waals surface area contributed by atoms with E-state index in [1.807, 2.05) is 0 Å². The standard InChI is InChI=1S/C38H44O2S2/c1-3-5-7-9-11-13-23-39-37-25-33-31-17-15-28-27(29(31)19-21-35(33)41-37)16-18-32-30(28)20-22-36-34(32)26-38(42-36)40-24-14-12-10-8-6-4-2/h15-22,25-26H,3-14,23-24H2,1-2H3. The summed E-state index contributed by atoms with van der Waals surface area (Å²) >= 11 is 3.55. The van der Waals surface area contributed by atoms with E-state index in [0.717, 1.165) is 36.2 Å². The summed E-state index contributed by atoms with van der Waals surface area (Å²) in [6.45, 7) is 6.16. The van der Waals surface area contributed by atoms with Gasteiger partial charge in [0.1, 0.15) is 0 Å². The fraction of sp³-hybridized carbons (Fsp3) is 0.421. The summed E-state index contributed by atoms with van der Waals surface area (Å²) in [5.41, 5.74) is 0. The first kappa shape index (κ1) is 29.3. The van der Waals surface area contributed by atoms with Crippen LogP contribution < -0.4 is 9.47 Å². The molecular formula is C38H44O2S2. The van der Waals surface area contributed by atoms with Crippen LogP contribution in [0, 0.1) is 0 Å². The minimum absolute atomic E-state index is 0.814. The first-order chi connectivity index (χ1) is 20.8. The average Bonchev–Trinajstić information content (AvgIpc) is 3.63. The molecule has 0 atom stereocenters. The molecule has 6 aromatic rings. The van der Waals surface area contributed by atoms with Crippen LogP contribution in [0.5, 0.6) is 10.1 Å². The zero-order chi connectivity index (χ0) is 28.7. The summed E-state index contributed by atoms with van der Waals surface area (Å²) in [7, 11) is 0. The summed E-state index contributed by atoms with van der Waals surface area (Å²) in [6, 6.07) is 23.0. The van der Waals surface area contributed by atoms with Crippen molar-refractivity contribution in [2.75, 3.05) is 13.2 Å². The maximum absolute atomic E-state index is 6.19. The third kappa shape index (κ3) is 6.40. The summed E-state index contributed by atoms with van der Waals surface area (Å²) < 4.78 is 15.0. The molecule has 0 fully saturated rings. The van der Waals surface area contributed by atoms with Gasteiger partial charge >= 0.3 is 0 Å². The zero-order valence-corrected chi connectivity index (χ0v) is 26.9. The molecule has 4 aromatic carbocycles. The van der Waals surface area contributed by atoms with Crippen LogP contribution in [-0.4, -0.2) is 13.2 Å². The highest BCUT2D eigenvalue weighted by atomic mass is 32.1. The zero-order valence-electron chi connectivity index (χ0n) is 25.3. The van der Waals surface area contributed by atoms with E-state index in [1.54, 1.807) is 22.7 Å². The third-order valence-corrected chi connectivity index (χ3v) is 10.7. The van der Waals surface area contributed by atoms with Crippen LogP contribution in [0.4, 0.5) is 0 Å². The second-order valence-electron chi connectivity index (χ2n) is 11.7. The summed E-state index contributed by atoms with van der Waals surface area (Å²) in [5, 5.41) is 12.6. The molecule has 42 heavy (non-hydrogen) atoms. The third-order valence-electron chi connectivity index (χ3n) is 8.63. The second-order valence-corrected chi connectivity index (χ2v) is 13.8. The molecular weight excluding hydrogens is 553 g/mol. The van der Waals surface area contributed by atoms with Crippen LogP contribution in [-0.2, 0) is 0 Å². The smallest absolute Gasteiger partial charge is 0.174 e. The van der Waals surface area contributed by atoms with Gasteiger partial charge in [-0.25, -0.2) is 0 Å². The highest BCUT2D eigenvalue weighted by Crippen LogP contribution is 2.42. The van der Waals surface area contributed by atoms with Crippen molar-refractivity contribution < 1.29 is 9.47 Å². The number of unbranched alkanes of at least 4 members (excludes halogenated alkanes) is 10. The van der Waals surface area contributed by atoms with Crippen molar-refractivity contribution >= 4 is 75.2 Å². The fourth-order valence-corrected chi connectivity index (χ4v) is 8.19. The first-order valence-electron chi connectivity index (χ1n) is 16.3. The summed E-state index contributed by atoms with van der Waals surface area (Å²) in [4.78, 5) is 0. The molecule has 0 saturated carbocycles. The quantitative estimate of drug-likeness (QED) is 0.0817. The Bertz CT molecular complexity index is 1650. The van der Waals surface area contributed by atoms with Gasteiger partial charge in [-0.15, -0.1) is 0 Å². The normalized spacial score (nSPS) is 12.0. The van der Waals surface area contributed by atoms with Crippen molar-refractivity contribution in [2.24, 2.45) is 0 Å². The Morgan fingerprint density at radius 2 is 0.738 bits per heavy atom. The Labute approximate surface area is 258 Å². The van der Waals surface area contributed by atoms with Gasteiger partial charge in [0.05, 0.1) is 13.2 Å². The molecule has 220 valence electrons. The largest absolute Gasteiger partial charge is 0.484 e. The predicted octanol–water partition coefficient (Wildman–Crippen LogP) is 13.1. The van der Waals surface area contributed by atoms with E-state index in [2.05, 4.69) is 74.5 Å². The van der Waals surface area contributed by atoms with Crippen molar-refractivity contribution in [3.8, 4) is 10.1 Å². The molecule has 6 rings (SSSR count). The maximum Gasteiger partial charge on any atom is 0.174 e. The molecule has 2 aromatic heterocycles. The number of benzene rings is 4. The van der Waals surface area contributed by atoms with Crippen molar-refractivity contribution in [2.45, 2.75) is 90.9 Å². The predicted molar refractivity (Wildman–Crippen MR) is 187 cm³/mol. The number of hydrogen-bond acceptors (Lipinski definition) is 4. The van der Waals surface area contributed by atoms with Gasteiger partial charge in [0.2, 0.25) is 0 Å². The van der Waals surface area contributed by atoms with Crippen LogP contribution in [0.3, 0.4) is 0 Å². The second kappa shape index (κ2) is 14.1. The van der Waals surface area contributed by atoms with Gasteiger partial charge in [0.25, 0.3) is 0 Å². The number of fused-ring (bicyclic) bond motifs is 9. The monoisotopic (exact) mass is 596 g/mol. The van der Waals surface area contributed by atoms with Crippen LogP contribution >= 0.6 is 22.7 Å². The van der Waals surface area contributed by atoms with Gasteiger partial charge in [-0.3, -0.25) is 0 Å². The Hall–Kier alpha value is -2.82. The van der Waals surface area contributed by atoms with Crippen LogP contribution in [0.25, 0.3) is 52.5 Å². The number of ether oxygens (including phenoxy) is 2. The van der Waals surface area contributed by atoms with E-state index in [0.29, 0.717) is 0 Å². The van der Waals surface area contributed by atoms with Gasteiger partial charge in [-0.1, -0.05) is 137 Å². The number of thiophene rings is 2. The Balaban J connectivity index is 1.21. The molecule has 0 aliphatic rings. The van der Waals surface area contributed by atoms with E-state index in [9.17, 15) is 0 Å². The van der Waals surface area contributed by atoms with Gasteiger partial charge in [0, 0.05) is 32.3 Å². The highest BCUT2D eigenvalue weighted by molar-refractivity contribution is 7.21. The van der Waals surface area contributed by atoms with Gasteiger partial charge in [-0.05, 0) is 57.3 Å². The molecule has 0 amide bonds. The van der Waals surface area contributed by atoms with E-state index < -0.39 is 0 Å². The van der Waals surface area contributed by atoms with Gasteiger partial charge < -0.3 is 9.47 Å². The van der Waals surface area contributed by atoms with Crippen molar-refractivity contribution in [3.05, 3.63) is 60.7 Å². The van der Waals surface area contributed by atoms with Crippen LogP contribution in [0.2, 0.25) is 0 Å². The lowest BCUT2D eigenvalue weighted by Gasteiger charge is -2.09. The molecule has 0 spiro atoms. The SMILES string of the molecule is CCCCCCCCOc1cc2c(ccc3c2ccc2c4ccc5sc(OCCCCCCCC)cc5c4ccc32)s1.